The van der Waals surface area contributed by atoms with Crippen LogP contribution in [0.15, 0.2) is 52.1 Å². The number of phenolic OH excluding ortho intramolecular Hbond substituents is 1. The van der Waals surface area contributed by atoms with Crippen molar-refractivity contribution in [1.29, 1.82) is 0 Å². The molecular formula is C24H25BrN2O5. The molecule has 0 saturated carbocycles. The molecule has 0 bridgehead atoms. The highest BCUT2D eigenvalue weighted by Crippen LogP contribution is 2.46. The zero-order valence-electron chi connectivity index (χ0n) is 18.1. The molecule has 3 atom stereocenters. The zero-order valence-corrected chi connectivity index (χ0v) is 19.7. The molecule has 4 rings (SSSR count). The lowest BCUT2D eigenvalue weighted by Gasteiger charge is -2.32. The van der Waals surface area contributed by atoms with Crippen LogP contribution in [0.3, 0.4) is 0 Å². The summed E-state index contributed by atoms with van der Waals surface area (Å²) in [5.41, 5.74) is 3.64. The number of carbonyl (C=O) groups is 2. The van der Waals surface area contributed by atoms with E-state index in [4.69, 9.17) is 9.47 Å². The summed E-state index contributed by atoms with van der Waals surface area (Å²) in [7, 11) is 1.30. The van der Waals surface area contributed by atoms with E-state index in [1.54, 1.807) is 12.1 Å². The van der Waals surface area contributed by atoms with Crippen molar-refractivity contribution in [2.24, 2.45) is 11.8 Å². The Balaban J connectivity index is 1.90. The first kappa shape index (κ1) is 22.2. The quantitative estimate of drug-likeness (QED) is 0.410. The second-order valence-electron chi connectivity index (χ2n) is 7.97. The van der Waals surface area contributed by atoms with Crippen LogP contribution in [-0.4, -0.2) is 30.6 Å². The molecule has 3 N–H and O–H groups in total. The van der Waals surface area contributed by atoms with Crippen LogP contribution in [0.1, 0.15) is 31.9 Å². The van der Waals surface area contributed by atoms with E-state index in [0.717, 1.165) is 22.6 Å². The number of hydrogen-bond donors (Lipinski definition) is 3. The van der Waals surface area contributed by atoms with Gasteiger partial charge in [-0.1, -0.05) is 19.1 Å². The maximum Gasteiger partial charge on any atom is 0.316 e. The number of methoxy groups -OCH3 is 1. The summed E-state index contributed by atoms with van der Waals surface area (Å²) in [6.45, 7) is 4.09. The summed E-state index contributed by atoms with van der Waals surface area (Å²) in [5, 5.41) is 17.3. The van der Waals surface area contributed by atoms with Gasteiger partial charge in [-0.25, -0.2) is 0 Å². The number of hydrogen-bond acceptors (Lipinski definition) is 7. The van der Waals surface area contributed by atoms with Crippen LogP contribution in [0.4, 0.5) is 11.4 Å². The largest absolute Gasteiger partial charge is 0.503 e. The van der Waals surface area contributed by atoms with Gasteiger partial charge in [0.25, 0.3) is 0 Å². The van der Waals surface area contributed by atoms with Crippen molar-refractivity contribution >= 4 is 39.1 Å². The molecule has 1 aliphatic carbocycles. The molecule has 0 aromatic heterocycles. The molecule has 32 heavy (non-hydrogen) atoms. The Morgan fingerprint density at radius 2 is 1.97 bits per heavy atom. The minimum Gasteiger partial charge on any atom is -0.503 e. The van der Waals surface area contributed by atoms with E-state index in [0.29, 0.717) is 28.8 Å². The number of phenols is 1. The van der Waals surface area contributed by atoms with Crippen molar-refractivity contribution in [2.75, 3.05) is 24.4 Å². The van der Waals surface area contributed by atoms with Gasteiger partial charge in [0.05, 0.1) is 35.6 Å². The van der Waals surface area contributed by atoms with Crippen LogP contribution in [0.2, 0.25) is 0 Å². The fraction of sp³-hybridized carbons (Fsp3) is 0.333. The Hall–Kier alpha value is -3.00. The third kappa shape index (κ3) is 3.83. The van der Waals surface area contributed by atoms with Gasteiger partial charge in [0, 0.05) is 11.3 Å². The van der Waals surface area contributed by atoms with Gasteiger partial charge in [-0.15, -0.1) is 0 Å². The average Bonchev–Trinajstić information content (AvgIpc) is 2.93. The summed E-state index contributed by atoms with van der Waals surface area (Å²) in [5.74, 6) is -1.59. The Kier molecular flexibility index (Phi) is 6.15. The van der Waals surface area contributed by atoms with Crippen LogP contribution >= 0.6 is 15.9 Å². The molecule has 168 valence electrons. The Bertz CT molecular complexity index is 1110. The molecule has 1 aliphatic heterocycles. The lowest BCUT2D eigenvalue weighted by Crippen LogP contribution is -2.39. The molecule has 0 fully saturated rings. The standard InChI is InChI=1S/C24H25BrN2O5/c1-4-32-18-11-13(10-14(25)22(18)28)21-20-17(26-15-7-5-6-8-16(15)27-21)9-12(2)19(23(20)29)24(30)31-3/h5-8,10-12,19,21,26-28H,4,9H2,1-3H3/t12-,19-,21-/m0/s1. The molecule has 0 unspecified atom stereocenters. The molecule has 2 aromatic rings. The maximum absolute atomic E-state index is 13.7. The van der Waals surface area contributed by atoms with Crippen LogP contribution in [0.5, 0.6) is 11.5 Å². The van der Waals surface area contributed by atoms with Gasteiger partial charge in [-0.3, -0.25) is 9.59 Å². The summed E-state index contributed by atoms with van der Waals surface area (Å²) in [4.78, 5) is 26.2. The molecule has 8 heteroatoms. The average molecular weight is 501 g/mol. The highest BCUT2D eigenvalue weighted by molar-refractivity contribution is 9.10. The molecular weight excluding hydrogens is 476 g/mol. The van der Waals surface area contributed by atoms with E-state index >= 15 is 0 Å². The number of Topliss-reactive ketones (excluding diaryl/α,β-unsaturated/α-hetero) is 1. The van der Waals surface area contributed by atoms with Crippen molar-refractivity contribution in [3.05, 3.63) is 57.7 Å². The van der Waals surface area contributed by atoms with Crippen LogP contribution in [-0.2, 0) is 14.3 Å². The molecule has 2 aliphatic rings. The fourth-order valence-corrected chi connectivity index (χ4v) is 4.87. The number of para-hydroxylation sites is 2. The van der Waals surface area contributed by atoms with Gasteiger partial charge in [0.2, 0.25) is 0 Å². The smallest absolute Gasteiger partial charge is 0.316 e. The minimum atomic E-state index is -0.877. The number of anilines is 2. The van der Waals surface area contributed by atoms with Crippen molar-refractivity contribution in [3.8, 4) is 11.5 Å². The van der Waals surface area contributed by atoms with Crippen LogP contribution in [0.25, 0.3) is 0 Å². The summed E-state index contributed by atoms with van der Waals surface area (Å²) in [6, 6.07) is 10.6. The normalized spacial score (nSPS) is 22.1. The monoisotopic (exact) mass is 500 g/mol. The number of allylic oxidation sites excluding steroid dienone is 1. The second-order valence-corrected chi connectivity index (χ2v) is 8.82. The van der Waals surface area contributed by atoms with E-state index in [-0.39, 0.29) is 17.5 Å². The number of halogens is 1. The van der Waals surface area contributed by atoms with Crippen LogP contribution < -0.4 is 15.4 Å². The number of benzene rings is 2. The van der Waals surface area contributed by atoms with E-state index < -0.39 is 17.9 Å². The van der Waals surface area contributed by atoms with Crippen LogP contribution in [0, 0.1) is 11.8 Å². The number of rotatable bonds is 4. The number of aromatic hydroxyl groups is 1. The van der Waals surface area contributed by atoms with Gasteiger partial charge in [-0.2, -0.15) is 0 Å². The maximum atomic E-state index is 13.7. The molecule has 2 aromatic carbocycles. The molecule has 1 heterocycles. The molecule has 0 saturated heterocycles. The molecule has 0 amide bonds. The van der Waals surface area contributed by atoms with Gasteiger partial charge >= 0.3 is 5.97 Å². The SMILES string of the molecule is CCOc1cc([C@@H]2Nc3ccccc3NC3=C2C(=O)[C@@H](C(=O)OC)[C@@H](C)C3)cc(Br)c1O. The molecule has 0 spiro atoms. The van der Waals surface area contributed by atoms with Crippen molar-refractivity contribution in [2.45, 2.75) is 26.3 Å². The summed E-state index contributed by atoms with van der Waals surface area (Å²) in [6.07, 6.45) is 0.519. The Morgan fingerprint density at radius 3 is 2.66 bits per heavy atom. The van der Waals surface area contributed by atoms with Crippen molar-refractivity contribution in [3.63, 3.8) is 0 Å². The minimum absolute atomic E-state index is 0.00650. The predicted molar refractivity (Wildman–Crippen MR) is 125 cm³/mol. The number of fused-ring (bicyclic) bond motifs is 1. The number of esters is 1. The lowest BCUT2D eigenvalue weighted by atomic mass is 9.75. The lowest BCUT2D eigenvalue weighted by molar-refractivity contribution is -0.151. The number of ketones is 1. The fourth-order valence-electron chi connectivity index (χ4n) is 4.41. The van der Waals surface area contributed by atoms with E-state index in [1.165, 1.54) is 7.11 Å². The third-order valence-corrected chi connectivity index (χ3v) is 6.51. The zero-order chi connectivity index (χ0) is 23.0. The van der Waals surface area contributed by atoms with E-state index in [9.17, 15) is 14.7 Å². The van der Waals surface area contributed by atoms with E-state index in [1.807, 2.05) is 38.1 Å². The van der Waals surface area contributed by atoms with Gasteiger partial charge in [-0.05, 0) is 65.0 Å². The first-order valence-corrected chi connectivity index (χ1v) is 11.3. The molecule has 7 nitrogen and oxygen atoms in total. The summed E-state index contributed by atoms with van der Waals surface area (Å²) >= 11 is 3.40. The van der Waals surface area contributed by atoms with Gasteiger partial charge in [0.15, 0.2) is 17.3 Å². The predicted octanol–water partition coefficient (Wildman–Crippen LogP) is 4.78. The first-order chi connectivity index (χ1) is 15.3. The Labute approximate surface area is 194 Å². The van der Waals surface area contributed by atoms with Gasteiger partial charge in [0.1, 0.15) is 5.92 Å². The third-order valence-electron chi connectivity index (χ3n) is 5.91. The van der Waals surface area contributed by atoms with E-state index in [2.05, 4.69) is 26.6 Å². The summed E-state index contributed by atoms with van der Waals surface area (Å²) < 4.78 is 11.0. The first-order valence-electron chi connectivity index (χ1n) is 10.5. The van der Waals surface area contributed by atoms with Crippen molar-refractivity contribution < 1.29 is 24.2 Å². The topological polar surface area (TPSA) is 96.9 Å². The molecule has 0 radical (unpaired) electrons. The highest BCUT2D eigenvalue weighted by atomic mass is 79.9. The highest BCUT2D eigenvalue weighted by Gasteiger charge is 2.44. The second kappa shape index (κ2) is 8.86. The van der Waals surface area contributed by atoms with Gasteiger partial charge < -0.3 is 25.2 Å². The Morgan fingerprint density at radius 1 is 1.25 bits per heavy atom. The van der Waals surface area contributed by atoms with Crippen molar-refractivity contribution in [1.82, 2.24) is 0 Å². The number of nitrogens with one attached hydrogen (secondary N) is 2. The number of ether oxygens (including phenoxy) is 2. The number of carbonyl (C=O) groups excluding carboxylic acids is 2.